The standard InChI is InChI=1S/C6F12O/c7-1(8)2(9,10)4(13,14)5(15,3(1,11)12)19-6(16,17)18. The van der Waals surface area contributed by atoms with Crippen LogP contribution in [0.3, 0.4) is 0 Å². The van der Waals surface area contributed by atoms with Crippen molar-refractivity contribution in [1.82, 2.24) is 0 Å². The summed E-state index contributed by atoms with van der Waals surface area (Å²) in [5, 5.41) is 0. The van der Waals surface area contributed by atoms with Crippen LogP contribution in [0.15, 0.2) is 0 Å². The van der Waals surface area contributed by atoms with Crippen molar-refractivity contribution >= 4 is 0 Å². The minimum absolute atomic E-state index is 1.56. The molecule has 1 saturated carbocycles. The summed E-state index contributed by atoms with van der Waals surface area (Å²) < 4.78 is 149. The highest BCUT2D eigenvalue weighted by Gasteiger charge is 3.02. The lowest BCUT2D eigenvalue weighted by Crippen LogP contribution is -2.58. The zero-order valence-electron chi connectivity index (χ0n) is 7.94. The van der Waals surface area contributed by atoms with Gasteiger partial charge in [-0.2, -0.15) is 39.5 Å². The molecule has 0 radical (unpaired) electrons. The van der Waals surface area contributed by atoms with Gasteiger partial charge in [-0.1, -0.05) is 0 Å². The highest BCUT2D eigenvalue weighted by Crippen LogP contribution is 2.70. The Morgan fingerprint density at radius 2 is 0.789 bits per heavy atom. The van der Waals surface area contributed by atoms with E-state index in [1.165, 1.54) is 0 Å². The van der Waals surface area contributed by atoms with E-state index in [9.17, 15) is 52.7 Å². The summed E-state index contributed by atoms with van der Waals surface area (Å²) in [7, 11) is 0. The molecule has 0 heterocycles. The molecule has 0 amide bonds. The summed E-state index contributed by atoms with van der Waals surface area (Å²) in [6, 6.07) is 0. The molecule has 1 aliphatic carbocycles. The van der Waals surface area contributed by atoms with Crippen molar-refractivity contribution in [2.24, 2.45) is 0 Å². The van der Waals surface area contributed by atoms with Crippen molar-refractivity contribution in [3.05, 3.63) is 0 Å². The van der Waals surface area contributed by atoms with Crippen molar-refractivity contribution in [3.63, 3.8) is 0 Å². The number of ether oxygens (including phenoxy) is 1. The number of hydrogen-bond acceptors (Lipinski definition) is 1. The monoisotopic (exact) mass is 316 g/mol. The average Bonchev–Trinajstić information content (AvgIpc) is 2.16. The molecule has 114 valence electrons. The fraction of sp³-hybridized carbons (Fsp3) is 1.00. The average molecular weight is 316 g/mol. The summed E-state index contributed by atoms with van der Waals surface area (Å²) in [6.07, 6.45) is -6.63. The van der Waals surface area contributed by atoms with Gasteiger partial charge in [0.25, 0.3) is 0 Å². The Balaban J connectivity index is 3.56. The number of hydrogen-bond donors (Lipinski definition) is 0. The SMILES string of the molecule is FC(F)(F)OC1(F)C(F)(F)C(F)(F)C(F)(F)C1(F)F. The van der Waals surface area contributed by atoms with E-state index in [0.29, 0.717) is 0 Å². The van der Waals surface area contributed by atoms with Gasteiger partial charge in [-0.15, -0.1) is 13.2 Å². The van der Waals surface area contributed by atoms with E-state index in [-0.39, 0.29) is 0 Å². The third-order valence-corrected chi connectivity index (χ3v) is 2.25. The first-order valence-corrected chi connectivity index (χ1v) is 3.93. The second-order valence-corrected chi connectivity index (χ2v) is 3.44. The Hall–Kier alpha value is -0.880. The van der Waals surface area contributed by atoms with Crippen LogP contribution in [-0.4, -0.2) is 35.9 Å². The van der Waals surface area contributed by atoms with Crippen LogP contribution in [0.4, 0.5) is 52.7 Å². The van der Waals surface area contributed by atoms with Crippen molar-refractivity contribution in [2.45, 2.75) is 35.9 Å². The molecule has 0 bridgehead atoms. The molecule has 0 unspecified atom stereocenters. The number of rotatable bonds is 1. The molecule has 13 heteroatoms. The van der Waals surface area contributed by atoms with E-state index < -0.39 is 35.9 Å². The highest BCUT2D eigenvalue weighted by molar-refractivity contribution is 5.23. The van der Waals surface area contributed by atoms with E-state index in [0.717, 1.165) is 0 Å². The van der Waals surface area contributed by atoms with E-state index >= 15 is 0 Å². The molecule has 0 aromatic carbocycles. The smallest absolute Gasteiger partial charge is 0.242 e. The summed E-state index contributed by atoms with van der Waals surface area (Å²) in [4.78, 5) is 0. The first-order chi connectivity index (χ1) is 7.96. The molecule has 1 nitrogen and oxygen atoms in total. The maximum atomic E-state index is 13.0. The van der Waals surface area contributed by atoms with Gasteiger partial charge in [-0.05, 0) is 0 Å². The lowest BCUT2D eigenvalue weighted by atomic mass is 10.1. The fourth-order valence-electron chi connectivity index (χ4n) is 1.28. The zero-order valence-corrected chi connectivity index (χ0v) is 7.94. The third kappa shape index (κ3) is 1.56. The van der Waals surface area contributed by atoms with E-state index in [4.69, 9.17) is 0 Å². The first kappa shape index (κ1) is 16.2. The molecule has 0 spiro atoms. The second-order valence-electron chi connectivity index (χ2n) is 3.44. The molecule has 0 aromatic heterocycles. The molecule has 0 aromatic rings. The van der Waals surface area contributed by atoms with Crippen molar-refractivity contribution in [2.75, 3.05) is 0 Å². The lowest BCUT2D eigenvalue weighted by Gasteiger charge is -2.30. The van der Waals surface area contributed by atoms with Gasteiger partial charge in [0, 0.05) is 0 Å². The summed E-state index contributed by atoms with van der Waals surface area (Å²) in [6.45, 7) is 0. The minimum Gasteiger partial charge on any atom is -0.242 e. The highest BCUT2D eigenvalue weighted by atomic mass is 19.4. The van der Waals surface area contributed by atoms with Crippen LogP contribution in [0.1, 0.15) is 0 Å². The van der Waals surface area contributed by atoms with E-state index in [1.807, 2.05) is 0 Å². The predicted octanol–water partition coefficient (Wildman–Crippen LogP) is 3.74. The molecule has 0 atom stereocenters. The fourth-order valence-corrected chi connectivity index (χ4v) is 1.28. The van der Waals surface area contributed by atoms with Gasteiger partial charge >= 0.3 is 35.9 Å². The Morgan fingerprint density at radius 1 is 0.526 bits per heavy atom. The predicted molar refractivity (Wildman–Crippen MR) is 30.8 cm³/mol. The molecular formula is C6F12O. The van der Waals surface area contributed by atoms with Crippen molar-refractivity contribution in [1.29, 1.82) is 0 Å². The molecule has 0 N–H and O–H groups in total. The van der Waals surface area contributed by atoms with Gasteiger partial charge < -0.3 is 0 Å². The number of halogens is 12. The van der Waals surface area contributed by atoms with E-state index in [2.05, 4.69) is 0 Å². The quantitative estimate of drug-likeness (QED) is 0.670. The summed E-state index contributed by atoms with van der Waals surface area (Å²) in [5.74, 6) is -35.4. The van der Waals surface area contributed by atoms with Gasteiger partial charge in [0.15, 0.2) is 0 Å². The van der Waals surface area contributed by atoms with Crippen LogP contribution < -0.4 is 0 Å². The lowest BCUT2D eigenvalue weighted by molar-refractivity contribution is -0.463. The molecule has 0 aliphatic heterocycles. The van der Waals surface area contributed by atoms with Crippen molar-refractivity contribution in [3.8, 4) is 0 Å². The van der Waals surface area contributed by atoms with Gasteiger partial charge in [0.1, 0.15) is 0 Å². The van der Waals surface area contributed by atoms with Gasteiger partial charge in [0.2, 0.25) is 0 Å². The molecule has 19 heavy (non-hydrogen) atoms. The normalized spacial score (nSPS) is 30.3. The summed E-state index contributed by atoms with van der Waals surface area (Å²) >= 11 is 0. The van der Waals surface area contributed by atoms with Crippen LogP contribution in [0, 0.1) is 0 Å². The van der Waals surface area contributed by atoms with Crippen LogP contribution >= 0.6 is 0 Å². The minimum atomic E-state index is -7.12. The van der Waals surface area contributed by atoms with Gasteiger partial charge in [-0.25, -0.2) is 4.74 Å². The van der Waals surface area contributed by atoms with Crippen molar-refractivity contribution < 1.29 is 57.4 Å². The number of alkyl halides is 12. The van der Waals surface area contributed by atoms with Crippen LogP contribution in [0.2, 0.25) is 0 Å². The zero-order chi connectivity index (χ0) is 15.7. The Kier molecular flexibility index (Phi) is 2.90. The topological polar surface area (TPSA) is 9.23 Å². The van der Waals surface area contributed by atoms with Gasteiger partial charge in [-0.3, -0.25) is 0 Å². The summed E-state index contributed by atoms with van der Waals surface area (Å²) in [5.41, 5.74) is 0. The van der Waals surface area contributed by atoms with E-state index in [1.54, 1.807) is 4.74 Å². The Labute approximate surface area is 94.7 Å². The maximum absolute atomic E-state index is 13.0. The molecule has 1 fully saturated rings. The third-order valence-electron chi connectivity index (χ3n) is 2.25. The largest absolute Gasteiger partial charge is 0.525 e. The Bertz CT molecular complexity index is 354. The molecule has 1 aliphatic rings. The molecule has 0 saturated heterocycles. The molecule has 1 rings (SSSR count). The van der Waals surface area contributed by atoms with Crippen LogP contribution in [-0.2, 0) is 4.74 Å². The maximum Gasteiger partial charge on any atom is 0.525 e. The van der Waals surface area contributed by atoms with Gasteiger partial charge in [0.05, 0.1) is 0 Å². The van der Waals surface area contributed by atoms with Crippen LogP contribution in [0.5, 0.6) is 0 Å². The Morgan fingerprint density at radius 3 is 1.00 bits per heavy atom. The first-order valence-electron chi connectivity index (χ1n) is 3.93. The second kappa shape index (κ2) is 3.41. The van der Waals surface area contributed by atoms with Crippen LogP contribution in [0.25, 0.3) is 0 Å². The molecular weight excluding hydrogens is 316 g/mol.